The Kier molecular flexibility index (Phi) is 4.60. The summed E-state index contributed by atoms with van der Waals surface area (Å²) < 4.78 is 7.86. The van der Waals surface area contributed by atoms with Gasteiger partial charge in [0.1, 0.15) is 0 Å². The second kappa shape index (κ2) is 6.22. The molecule has 0 aliphatic carbocycles. The van der Waals surface area contributed by atoms with Gasteiger partial charge in [0.2, 0.25) is 5.78 Å². The van der Waals surface area contributed by atoms with Crippen molar-refractivity contribution < 1.29 is 9.53 Å². The fraction of sp³-hybridized carbons (Fsp3) is 0.333. The van der Waals surface area contributed by atoms with Gasteiger partial charge in [0.15, 0.2) is 11.4 Å². The largest absolute Gasteiger partial charge is 0.493 e. The fourth-order valence-electron chi connectivity index (χ4n) is 2.13. The predicted octanol–water partition coefficient (Wildman–Crippen LogP) is 3.60. The highest BCUT2D eigenvalue weighted by molar-refractivity contribution is 9.10. The number of ketones is 1. The summed E-state index contributed by atoms with van der Waals surface area (Å²) in [5, 5.41) is 4.23. The molecule has 2 aromatic rings. The molecule has 0 saturated heterocycles. The Balaban J connectivity index is 2.49. The Morgan fingerprint density at radius 3 is 2.75 bits per heavy atom. The van der Waals surface area contributed by atoms with Gasteiger partial charge in [-0.15, -0.1) is 0 Å². The zero-order valence-electron chi connectivity index (χ0n) is 11.8. The molecule has 0 N–H and O–H groups in total. The number of carbonyl (C=O) groups is 1. The zero-order chi connectivity index (χ0) is 14.7. The van der Waals surface area contributed by atoms with Crippen molar-refractivity contribution in [1.82, 2.24) is 9.78 Å². The summed E-state index contributed by atoms with van der Waals surface area (Å²) >= 11 is 3.42. The van der Waals surface area contributed by atoms with E-state index in [1.54, 1.807) is 18.0 Å². The quantitative estimate of drug-likeness (QED) is 0.783. The summed E-state index contributed by atoms with van der Waals surface area (Å²) in [5.41, 5.74) is 2.17. The number of ether oxygens (including phenoxy) is 1. The Bertz CT molecular complexity index is 615. The first-order chi connectivity index (χ1) is 9.56. The van der Waals surface area contributed by atoms with E-state index >= 15 is 0 Å². The molecule has 0 bridgehead atoms. The molecule has 0 aliphatic rings. The van der Waals surface area contributed by atoms with Gasteiger partial charge in [-0.1, -0.05) is 22.9 Å². The van der Waals surface area contributed by atoms with E-state index in [0.29, 0.717) is 23.6 Å². The lowest BCUT2D eigenvalue weighted by molar-refractivity contribution is 0.102. The molecule has 1 heterocycles. The molecule has 20 heavy (non-hydrogen) atoms. The number of carbonyl (C=O) groups excluding carboxylic acids is 1. The van der Waals surface area contributed by atoms with Crippen molar-refractivity contribution in [2.75, 3.05) is 7.11 Å². The van der Waals surface area contributed by atoms with Crippen LogP contribution in [0.3, 0.4) is 0 Å². The van der Waals surface area contributed by atoms with Gasteiger partial charge in [-0.25, -0.2) is 0 Å². The van der Waals surface area contributed by atoms with Crippen LogP contribution in [0, 0.1) is 6.92 Å². The minimum absolute atomic E-state index is 0.0720. The topological polar surface area (TPSA) is 44.1 Å². The molecule has 0 spiro atoms. The summed E-state index contributed by atoms with van der Waals surface area (Å²) in [5.74, 6) is 0.443. The summed E-state index contributed by atoms with van der Waals surface area (Å²) in [7, 11) is 1.55. The van der Waals surface area contributed by atoms with Crippen molar-refractivity contribution in [2.24, 2.45) is 0 Å². The van der Waals surface area contributed by atoms with Gasteiger partial charge < -0.3 is 4.74 Å². The second-order valence-electron chi connectivity index (χ2n) is 4.63. The van der Waals surface area contributed by atoms with Crippen LogP contribution >= 0.6 is 15.9 Å². The molecule has 0 atom stereocenters. The number of aryl methyl sites for hydroxylation is 2. The van der Waals surface area contributed by atoms with E-state index in [-0.39, 0.29) is 5.78 Å². The van der Waals surface area contributed by atoms with Crippen LogP contribution in [-0.2, 0) is 6.54 Å². The summed E-state index contributed by atoms with van der Waals surface area (Å²) in [6.07, 6.45) is 2.50. The molecule has 5 heteroatoms. The van der Waals surface area contributed by atoms with E-state index in [1.807, 2.05) is 32.0 Å². The van der Waals surface area contributed by atoms with E-state index in [9.17, 15) is 4.79 Å². The number of aromatic nitrogens is 2. The predicted molar refractivity (Wildman–Crippen MR) is 81.4 cm³/mol. The summed E-state index contributed by atoms with van der Waals surface area (Å²) in [6, 6.07) is 5.66. The first-order valence-corrected chi connectivity index (χ1v) is 7.27. The molecular formula is C15H17BrN2O2. The van der Waals surface area contributed by atoms with E-state index in [0.717, 1.165) is 16.5 Å². The number of nitrogens with zero attached hydrogens (tertiary/aromatic N) is 2. The van der Waals surface area contributed by atoms with Gasteiger partial charge in [0, 0.05) is 16.6 Å². The molecular weight excluding hydrogens is 320 g/mol. The molecule has 0 unspecified atom stereocenters. The summed E-state index contributed by atoms with van der Waals surface area (Å²) in [4.78, 5) is 12.7. The number of methoxy groups -OCH3 is 1. The first kappa shape index (κ1) is 14.8. The molecule has 0 fully saturated rings. The van der Waals surface area contributed by atoms with Crippen molar-refractivity contribution >= 4 is 21.7 Å². The Labute approximate surface area is 126 Å². The molecule has 2 rings (SSSR count). The third kappa shape index (κ3) is 2.93. The van der Waals surface area contributed by atoms with Crippen LogP contribution in [0.15, 0.2) is 28.9 Å². The first-order valence-electron chi connectivity index (χ1n) is 6.48. The third-order valence-electron chi connectivity index (χ3n) is 2.98. The van der Waals surface area contributed by atoms with Crippen LogP contribution in [0.25, 0.3) is 0 Å². The van der Waals surface area contributed by atoms with Gasteiger partial charge in [0.05, 0.1) is 13.3 Å². The second-order valence-corrected chi connectivity index (χ2v) is 5.55. The van der Waals surface area contributed by atoms with Gasteiger partial charge in [0.25, 0.3) is 0 Å². The smallest absolute Gasteiger partial charge is 0.214 e. The molecule has 0 amide bonds. The molecule has 1 aromatic carbocycles. The Morgan fingerprint density at radius 1 is 1.40 bits per heavy atom. The summed E-state index contributed by atoms with van der Waals surface area (Å²) in [6.45, 7) is 4.70. The molecule has 0 radical (unpaired) electrons. The highest BCUT2D eigenvalue weighted by atomic mass is 79.9. The Morgan fingerprint density at radius 2 is 2.15 bits per heavy atom. The van der Waals surface area contributed by atoms with Crippen molar-refractivity contribution in [3.63, 3.8) is 0 Å². The maximum absolute atomic E-state index is 12.7. The SMILES string of the molecule is CCCn1ncc(OC)c1C(=O)c1cc(C)cc(Br)c1. The van der Waals surface area contributed by atoms with Crippen LogP contribution in [0.4, 0.5) is 0 Å². The van der Waals surface area contributed by atoms with Crippen LogP contribution in [0.5, 0.6) is 5.75 Å². The van der Waals surface area contributed by atoms with Crippen molar-refractivity contribution in [1.29, 1.82) is 0 Å². The van der Waals surface area contributed by atoms with Gasteiger partial charge >= 0.3 is 0 Å². The third-order valence-corrected chi connectivity index (χ3v) is 3.44. The zero-order valence-corrected chi connectivity index (χ0v) is 13.4. The average molecular weight is 337 g/mol. The van der Waals surface area contributed by atoms with E-state index in [1.165, 1.54) is 0 Å². The number of hydrogen-bond donors (Lipinski definition) is 0. The maximum atomic E-state index is 12.7. The number of halogens is 1. The van der Waals surface area contributed by atoms with Crippen molar-refractivity contribution in [3.05, 3.63) is 45.7 Å². The van der Waals surface area contributed by atoms with Crippen LogP contribution < -0.4 is 4.74 Å². The number of hydrogen-bond acceptors (Lipinski definition) is 3. The lowest BCUT2D eigenvalue weighted by Gasteiger charge is -2.08. The number of rotatable bonds is 5. The molecule has 106 valence electrons. The van der Waals surface area contributed by atoms with Gasteiger partial charge in [-0.3, -0.25) is 9.48 Å². The van der Waals surface area contributed by atoms with E-state index in [2.05, 4.69) is 21.0 Å². The van der Waals surface area contributed by atoms with E-state index < -0.39 is 0 Å². The molecule has 0 saturated carbocycles. The maximum Gasteiger partial charge on any atom is 0.214 e. The highest BCUT2D eigenvalue weighted by Crippen LogP contribution is 2.24. The molecule has 4 nitrogen and oxygen atoms in total. The highest BCUT2D eigenvalue weighted by Gasteiger charge is 2.21. The van der Waals surface area contributed by atoms with Crippen molar-refractivity contribution in [2.45, 2.75) is 26.8 Å². The lowest BCUT2D eigenvalue weighted by atomic mass is 10.1. The van der Waals surface area contributed by atoms with Crippen LogP contribution in [-0.4, -0.2) is 22.7 Å². The van der Waals surface area contributed by atoms with Crippen molar-refractivity contribution in [3.8, 4) is 5.75 Å². The minimum Gasteiger partial charge on any atom is -0.493 e. The molecule has 1 aromatic heterocycles. The monoisotopic (exact) mass is 336 g/mol. The standard InChI is InChI=1S/C15H17BrN2O2/c1-4-5-18-14(13(20-3)9-17-18)15(19)11-6-10(2)7-12(16)8-11/h6-9H,4-5H2,1-3H3. The molecule has 0 aliphatic heterocycles. The average Bonchev–Trinajstić information content (AvgIpc) is 2.80. The van der Waals surface area contributed by atoms with Gasteiger partial charge in [-0.2, -0.15) is 5.10 Å². The van der Waals surface area contributed by atoms with Gasteiger partial charge in [-0.05, 0) is 37.1 Å². The normalized spacial score (nSPS) is 10.6. The van der Waals surface area contributed by atoms with Crippen LogP contribution in [0.2, 0.25) is 0 Å². The van der Waals surface area contributed by atoms with Crippen LogP contribution in [0.1, 0.15) is 35.0 Å². The lowest BCUT2D eigenvalue weighted by Crippen LogP contribution is -2.12. The fourth-order valence-corrected chi connectivity index (χ4v) is 2.74. The minimum atomic E-state index is -0.0720. The van der Waals surface area contributed by atoms with E-state index in [4.69, 9.17) is 4.74 Å². The number of benzene rings is 1. The Hall–Kier alpha value is -1.62.